The van der Waals surface area contributed by atoms with E-state index in [2.05, 4.69) is 18.8 Å². The van der Waals surface area contributed by atoms with Crippen molar-refractivity contribution in [1.29, 1.82) is 0 Å². The minimum Gasteiger partial charge on any atom is -0.324 e. The Kier molecular flexibility index (Phi) is 5.06. The average Bonchev–Trinajstić information content (AvgIpc) is 2.26. The van der Waals surface area contributed by atoms with Crippen molar-refractivity contribution in [2.45, 2.75) is 39.2 Å². The largest absolute Gasteiger partial charge is 0.324 e. The van der Waals surface area contributed by atoms with Gasteiger partial charge in [0.2, 0.25) is 0 Å². The molecule has 2 N–H and O–H groups in total. The van der Waals surface area contributed by atoms with E-state index in [0.717, 1.165) is 12.0 Å². The van der Waals surface area contributed by atoms with Crippen LogP contribution in [0, 0.1) is 5.92 Å². The van der Waals surface area contributed by atoms with Gasteiger partial charge in [-0.25, -0.2) is 0 Å². The molecule has 0 aromatic carbocycles. The van der Waals surface area contributed by atoms with Crippen LogP contribution in [0.2, 0.25) is 5.02 Å². The molecule has 0 radical (unpaired) electrons. The second-order valence-corrected chi connectivity index (χ2v) is 4.33. The van der Waals surface area contributed by atoms with Crippen LogP contribution in [0.4, 0.5) is 0 Å². The Morgan fingerprint density at radius 1 is 1.40 bits per heavy atom. The minimum atomic E-state index is 0.0328. The molecule has 1 aromatic heterocycles. The van der Waals surface area contributed by atoms with Gasteiger partial charge in [0.25, 0.3) is 0 Å². The van der Waals surface area contributed by atoms with Crippen LogP contribution in [-0.4, -0.2) is 4.98 Å². The summed E-state index contributed by atoms with van der Waals surface area (Å²) >= 11 is 6.05. The molecule has 0 aliphatic carbocycles. The van der Waals surface area contributed by atoms with Crippen molar-refractivity contribution in [3.8, 4) is 0 Å². The molecule has 0 aliphatic rings. The second kappa shape index (κ2) is 6.09. The highest BCUT2D eigenvalue weighted by Crippen LogP contribution is 2.27. The summed E-state index contributed by atoms with van der Waals surface area (Å²) in [6.45, 7) is 4.41. The van der Waals surface area contributed by atoms with Crippen molar-refractivity contribution in [2.24, 2.45) is 11.7 Å². The van der Waals surface area contributed by atoms with Gasteiger partial charge in [-0.3, -0.25) is 4.98 Å². The summed E-state index contributed by atoms with van der Waals surface area (Å²) in [5.74, 6) is 0.684. The van der Waals surface area contributed by atoms with Crippen LogP contribution in [0.5, 0.6) is 0 Å². The molecule has 0 fully saturated rings. The summed E-state index contributed by atoms with van der Waals surface area (Å²) in [5.41, 5.74) is 7.15. The van der Waals surface area contributed by atoms with Gasteiger partial charge in [0.05, 0.1) is 5.02 Å². The topological polar surface area (TPSA) is 38.9 Å². The summed E-state index contributed by atoms with van der Waals surface area (Å²) in [6.07, 6.45) is 6.74. The van der Waals surface area contributed by atoms with Gasteiger partial charge in [-0.1, -0.05) is 38.3 Å². The normalized spacial score (nSPS) is 13.1. The lowest BCUT2D eigenvalue weighted by atomic mass is 9.92. The van der Waals surface area contributed by atoms with Crippen LogP contribution in [-0.2, 0) is 0 Å². The summed E-state index contributed by atoms with van der Waals surface area (Å²) in [7, 11) is 0. The van der Waals surface area contributed by atoms with Gasteiger partial charge in [-0.05, 0) is 24.0 Å². The van der Waals surface area contributed by atoms with E-state index in [1.807, 2.05) is 6.07 Å². The highest BCUT2D eigenvalue weighted by atomic mass is 35.5. The monoisotopic (exact) mass is 226 g/mol. The molecule has 0 amide bonds. The second-order valence-electron chi connectivity index (χ2n) is 3.92. The van der Waals surface area contributed by atoms with Crippen LogP contribution in [0.25, 0.3) is 0 Å². The first-order valence-electron chi connectivity index (χ1n) is 5.54. The fraction of sp³-hybridized carbons (Fsp3) is 0.583. The predicted molar refractivity (Wildman–Crippen MR) is 64.9 cm³/mol. The number of aromatic nitrogens is 1. The van der Waals surface area contributed by atoms with Gasteiger partial charge < -0.3 is 5.73 Å². The van der Waals surface area contributed by atoms with E-state index < -0.39 is 0 Å². The number of hydrogen-bond acceptors (Lipinski definition) is 2. The summed E-state index contributed by atoms with van der Waals surface area (Å²) in [6, 6.07) is 1.94. The molecule has 3 heteroatoms. The van der Waals surface area contributed by atoms with Gasteiger partial charge >= 0.3 is 0 Å². The van der Waals surface area contributed by atoms with E-state index in [4.69, 9.17) is 17.3 Å². The maximum Gasteiger partial charge on any atom is 0.0637 e. The lowest BCUT2D eigenvalue weighted by Crippen LogP contribution is -2.15. The van der Waals surface area contributed by atoms with E-state index in [-0.39, 0.29) is 6.04 Å². The van der Waals surface area contributed by atoms with Crippen molar-refractivity contribution in [2.75, 3.05) is 0 Å². The van der Waals surface area contributed by atoms with Gasteiger partial charge in [0, 0.05) is 18.4 Å². The molecule has 2 nitrogen and oxygen atoms in total. The Labute approximate surface area is 96.8 Å². The van der Waals surface area contributed by atoms with Crippen LogP contribution in [0.3, 0.4) is 0 Å². The van der Waals surface area contributed by atoms with Crippen molar-refractivity contribution < 1.29 is 0 Å². The lowest BCUT2D eigenvalue weighted by molar-refractivity contribution is 0.414. The summed E-state index contributed by atoms with van der Waals surface area (Å²) in [5, 5.41) is 0.677. The Morgan fingerprint density at radius 2 is 2.07 bits per heavy atom. The van der Waals surface area contributed by atoms with Crippen LogP contribution in [0.1, 0.15) is 44.7 Å². The molecule has 84 valence electrons. The van der Waals surface area contributed by atoms with Gasteiger partial charge in [-0.2, -0.15) is 0 Å². The molecule has 0 bridgehead atoms. The van der Waals surface area contributed by atoms with Crippen LogP contribution in [0.15, 0.2) is 18.5 Å². The fourth-order valence-corrected chi connectivity index (χ4v) is 2.05. The number of pyridine rings is 1. The molecule has 1 aromatic rings. The number of halogens is 1. The quantitative estimate of drug-likeness (QED) is 0.834. The van der Waals surface area contributed by atoms with Crippen LogP contribution < -0.4 is 5.73 Å². The van der Waals surface area contributed by atoms with E-state index >= 15 is 0 Å². The predicted octanol–water partition coefficient (Wildman–Crippen LogP) is 3.56. The molecule has 0 spiro atoms. The third-order valence-electron chi connectivity index (χ3n) is 2.95. The first kappa shape index (κ1) is 12.5. The van der Waals surface area contributed by atoms with Crippen LogP contribution >= 0.6 is 11.6 Å². The van der Waals surface area contributed by atoms with Crippen molar-refractivity contribution in [1.82, 2.24) is 4.98 Å². The Balaban J connectivity index is 2.68. The van der Waals surface area contributed by atoms with E-state index in [0.29, 0.717) is 10.9 Å². The van der Waals surface area contributed by atoms with Gasteiger partial charge in [-0.15, -0.1) is 0 Å². The molecule has 1 rings (SSSR count). The van der Waals surface area contributed by atoms with Crippen molar-refractivity contribution >= 4 is 11.6 Å². The SMILES string of the molecule is CCC(CC)CC(N)c1ccncc1Cl. The number of hydrogen-bond donors (Lipinski definition) is 1. The lowest BCUT2D eigenvalue weighted by Gasteiger charge is -2.19. The zero-order valence-corrected chi connectivity index (χ0v) is 10.2. The summed E-state index contributed by atoms with van der Waals surface area (Å²) in [4.78, 5) is 3.96. The van der Waals surface area contributed by atoms with E-state index in [1.54, 1.807) is 12.4 Å². The molecule has 1 unspecified atom stereocenters. The third kappa shape index (κ3) is 3.47. The maximum atomic E-state index is 6.14. The molecule has 0 aliphatic heterocycles. The fourth-order valence-electron chi connectivity index (χ4n) is 1.79. The van der Waals surface area contributed by atoms with Gasteiger partial charge in [0.15, 0.2) is 0 Å². The first-order valence-corrected chi connectivity index (χ1v) is 5.91. The minimum absolute atomic E-state index is 0.0328. The first-order chi connectivity index (χ1) is 7.19. The standard InChI is InChI=1S/C12H19ClN2/c1-3-9(4-2)7-12(14)10-5-6-15-8-11(10)13/h5-6,8-9,12H,3-4,7,14H2,1-2H3. The summed E-state index contributed by atoms with van der Waals surface area (Å²) < 4.78 is 0. The zero-order valence-electron chi connectivity index (χ0n) is 9.41. The van der Waals surface area contributed by atoms with Crippen molar-refractivity contribution in [3.05, 3.63) is 29.0 Å². The Bertz CT molecular complexity index is 297. The zero-order chi connectivity index (χ0) is 11.3. The van der Waals surface area contributed by atoms with E-state index in [1.165, 1.54) is 12.8 Å². The third-order valence-corrected chi connectivity index (χ3v) is 3.26. The highest BCUT2D eigenvalue weighted by Gasteiger charge is 2.14. The van der Waals surface area contributed by atoms with Crippen molar-refractivity contribution in [3.63, 3.8) is 0 Å². The molecule has 15 heavy (non-hydrogen) atoms. The average molecular weight is 227 g/mol. The number of rotatable bonds is 5. The Morgan fingerprint density at radius 3 is 2.60 bits per heavy atom. The Hall–Kier alpha value is -0.600. The molecule has 1 heterocycles. The smallest absolute Gasteiger partial charge is 0.0637 e. The van der Waals surface area contributed by atoms with E-state index in [9.17, 15) is 0 Å². The number of nitrogens with two attached hydrogens (primary N) is 1. The molecule has 0 saturated heterocycles. The molecule has 1 atom stereocenters. The number of nitrogens with zero attached hydrogens (tertiary/aromatic N) is 1. The highest BCUT2D eigenvalue weighted by molar-refractivity contribution is 6.31. The maximum absolute atomic E-state index is 6.14. The molecular weight excluding hydrogens is 208 g/mol. The van der Waals surface area contributed by atoms with Gasteiger partial charge in [0.1, 0.15) is 0 Å². The molecule has 0 saturated carbocycles. The molecular formula is C12H19ClN2.